The Bertz CT molecular complexity index is 427. The maximum Gasteiger partial charge on any atom is 0.152 e. The molecule has 0 amide bonds. The molecule has 98 valence electrons. The molecule has 1 fully saturated rings. The van der Waals surface area contributed by atoms with Gasteiger partial charge in [0.2, 0.25) is 0 Å². The van der Waals surface area contributed by atoms with E-state index in [4.69, 9.17) is 0 Å². The number of carbonyl (C=O) groups is 1. The van der Waals surface area contributed by atoms with Crippen LogP contribution in [-0.2, 0) is 0 Å². The second kappa shape index (κ2) is 5.51. The van der Waals surface area contributed by atoms with Crippen LogP contribution < -0.4 is 4.90 Å². The molecule has 0 atom stereocenters. The first-order chi connectivity index (χ1) is 8.61. The number of hydrogen-bond acceptors (Lipinski definition) is 2. The van der Waals surface area contributed by atoms with E-state index in [2.05, 4.69) is 18.7 Å². The van der Waals surface area contributed by atoms with Crippen molar-refractivity contribution in [3.63, 3.8) is 0 Å². The van der Waals surface area contributed by atoms with Crippen molar-refractivity contribution >= 4 is 12.0 Å². The Morgan fingerprint density at radius 1 is 1.44 bits per heavy atom. The van der Waals surface area contributed by atoms with Crippen LogP contribution in [0.3, 0.4) is 0 Å². The second-order valence-corrected chi connectivity index (χ2v) is 5.43. The van der Waals surface area contributed by atoms with E-state index >= 15 is 0 Å². The predicted octanol–water partition coefficient (Wildman–Crippen LogP) is 3.65. The zero-order valence-corrected chi connectivity index (χ0v) is 11.0. The lowest BCUT2D eigenvalue weighted by molar-refractivity contribution is 0.112. The fourth-order valence-electron chi connectivity index (χ4n) is 2.16. The van der Waals surface area contributed by atoms with Crippen LogP contribution in [0.2, 0.25) is 0 Å². The first-order valence-corrected chi connectivity index (χ1v) is 6.63. The summed E-state index contributed by atoms with van der Waals surface area (Å²) in [6.07, 6.45) is 4.19. The van der Waals surface area contributed by atoms with Crippen molar-refractivity contribution in [2.24, 2.45) is 5.92 Å². The average Bonchev–Trinajstić information content (AvgIpc) is 3.15. The van der Waals surface area contributed by atoms with Gasteiger partial charge in [-0.05, 0) is 43.4 Å². The molecule has 2 rings (SSSR count). The molecule has 18 heavy (non-hydrogen) atoms. The molecule has 1 aliphatic rings. The highest BCUT2D eigenvalue weighted by atomic mass is 19.1. The molecule has 0 unspecified atom stereocenters. The molecule has 0 N–H and O–H groups in total. The van der Waals surface area contributed by atoms with Crippen molar-refractivity contribution in [3.05, 3.63) is 29.6 Å². The third-order valence-electron chi connectivity index (χ3n) is 3.36. The van der Waals surface area contributed by atoms with Crippen molar-refractivity contribution in [2.45, 2.75) is 39.2 Å². The van der Waals surface area contributed by atoms with Crippen LogP contribution in [0.5, 0.6) is 0 Å². The predicted molar refractivity (Wildman–Crippen MR) is 71.6 cm³/mol. The summed E-state index contributed by atoms with van der Waals surface area (Å²) in [5.41, 5.74) is 1.35. The largest absolute Gasteiger partial charge is 0.368 e. The quantitative estimate of drug-likeness (QED) is 0.717. The normalized spacial score (nSPS) is 14.9. The highest BCUT2D eigenvalue weighted by Crippen LogP contribution is 2.33. The number of rotatable bonds is 6. The smallest absolute Gasteiger partial charge is 0.152 e. The van der Waals surface area contributed by atoms with E-state index in [9.17, 15) is 9.18 Å². The highest BCUT2D eigenvalue weighted by Gasteiger charge is 2.30. The molecule has 1 aliphatic carbocycles. The molecule has 3 heteroatoms. The third-order valence-corrected chi connectivity index (χ3v) is 3.36. The number of carbonyl (C=O) groups excluding carboxylic acids is 1. The van der Waals surface area contributed by atoms with Crippen LogP contribution in [0.4, 0.5) is 10.1 Å². The molecule has 0 aromatic heterocycles. The van der Waals surface area contributed by atoms with Gasteiger partial charge in [-0.15, -0.1) is 0 Å². The van der Waals surface area contributed by atoms with E-state index in [-0.39, 0.29) is 5.82 Å². The van der Waals surface area contributed by atoms with E-state index < -0.39 is 0 Å². The Hall–Kier alpha value is -1.38. The molecule has 1 saturated carbocycles. The molecule has 0 spiro atoms. The Labute approximate surface area is 108 Å². The zero-order chi connectivity index (χ0) is 13.1. The Kier molecular flexibility index (Phi) is 4.00. The van der Waals surface area contributed by atoms with Crippen molar-refractivity contribution in [1.29, 1.82) is 0 Å². The average molecular weight is 249 g/mol. The van der Waals surface area contributed by atoms with Crippen LogP contribution >= 0.6 is 0 Å². The summed E-state index contributed by atoms with van der Waals surface area (Å²) in [6.45, 7) is 5.32. The van der Waals surface area contributed by atoms with Gasteiger partial charge in [-0.2, -0.15) is 0 Å². The number of hydrogen-bond donors (Lipinski definition) is 0. The van der Waals surface area contributed by atoms with E-state index in [0.29, 0.717) is 17.5 Å². The van der Waals surface area contributed by atoms with E-state index in [1.807, 2.05) is 0 Å². The fourth-order valence-corrected chi connectivity index (χ4v) is 2.16. The summed E-state index contributed by atoms with van der Waals surface area (Å²) >= 11 is 0. The SMILES string of the molecule is CC(C)CCN(c1ccc(F)cc1C=O)C1CC1. The van der Waals surface area contributed by atoms with Crippen LogP contribution in [-0.4, -0.2) is 18.9 Å². The van der Waals surface area contributed by atoms with Gasteiger partial charge in [-0.1, -0.05) is 13.8 Å². The number of benzene rings is 1. The minimum Gasteiger partial charge on any atom is -0.368 e. The molecule has 0 radical (unpaired) electrons. The first-order valence-electron chi connectivity index (χ1n) is 6.63. The van der Waals surface area contributed by atoms with Gasteiger partial charge in [-0.3, -0.25) is 4.79 Å². The fraction of sp³-hybridized carbons (Fsp3) is 0.533. The molecule has 0 heterocycles. The summed E-state index contributed by atoms with van der Waals surface area (Å²) in [5.74, 6) is 0.284. The summed E-state index contributed by atoms with van der Waals surface area (Å²) in [7, 11) is 0. The van der Waals surface area contributed by atoms with Gasteiger partial charge in [0.05, 0.1) is 0 Å². The Morgan fingerprint density at radius 2 is 2.17 bits per heavy atom. The van der Waals surface area contributed by atoms with Gasteiger partial charge < -0.3 is 4.90 Å². The van der Waals surface area contributed by atoms with E-state index in [1.54, 1.807) is 6.07 Å². The van der Waals surface area contributed by atoms with Crippen molar-refractivity contribution in [3.8, 4) is 0 Å². The lowest BCUT2D eigenvalue weighted by Crippen LogP contribution is -2.28. The molecule has 1 aromatic carbocycles. The van der Waals surface area contributed by atoms with Crippen molar-refractivity contribution in [1.82, 2.24) is 0 Å². The maximum absolute atomic E-state index is 13.2. The molecule has 1 aromatic rings. The summed E-state index contributed by atoms with van der Waals surface area (Å²) in [6, 6.07) is 5.03. The molecular formula is C15H20FNO. The van der Waals surface area contributed by atoms with Crippen LogP contribution in [0, 0.1) is 11.7 Å². The molecule has 0 saturated heterocycles. The number of nitrogens with zero attached hydrogens (tertiary/aromatic N) is 1. The molecule has 2 nitrogen and oxygen atoms in total. The number of aldehydes is 1. The minimum absolute atomic E-state index is 0.347. The lowest BCUT2D eigenvalue weighted by Gasteiger charge is -2.26. The number of halogens is 1. The van der Waals surface area contributed by atoms with Gasteiger partial charge in [0.1, 0.15) is 5.82 Å². The van der Waals surface area contributed by atoms with Crippen LogP contribution in [0.1, 0.15) is 43.5 Å². The summed E-state index contributed by atoms with van der Waals surface area (Å²) < 4.78 is 13.2. The molecule has 0 bridgehead atoms. The Balaban J connectivity index is 2.21. The van der Waals surface area contributed by atoms with Gasteiger partial charge >= 0.3 is 0 Å². The lowest BCUT2D eigenvalue weighted by atomic mass is 10.1. The maximum atomic E-state index is 13.2. The highest BCUT2D eigenvalue weighted by molar-refractivity contribution is 5.84. The van der Waals surface area contributed by atoms with E-state index in [1.165, 1.54) is 25.0 Å². The number of anilines is 1. The van der Waals surface area contributed by atoms with Crippen LogP contribution in [0.25, 0.3) is 0 Å². The second-order valence-electron chi connectivity index (χ2n) is 5.43. The summed E-state index contributed by atoms with van der Waals surface area (Å²) in [4.78, 5) is 13.3. The molecular weight excluding hydrogens is 229 g/mol. The van der Waals surface area contributed by atoms with Gasteiger partial charge in [0, 0.05) is 23.8 Å². The molecule has 0 aliphatic heterocycles. The topological polar surface area (TPSA) is 20.3 Å². The third kappa shape index (κ3) is 3.09. The van der Waals surface area contributed by atoms with Crippen molar-refractivity contribution in [2.75, 3.05) is 11.4 Å². The summed E-state index contributed by atoms with van der Waals surface area (Å²) in [5, 5.41) is 0. The first kappa shape index (κ1) is 13.1. The van der Waals surface area contributed by atoms with Crippen LogP contribution in [0.15, 0.2) is 18.2 Å². The standard InChI is InChI=1S/C15H20FNO/c1-11(2)7-8-17(14-4-5-14)15-6-3-13(16)9-12(15)10-18/h3,6,9-11,14H,4-5,7-8H2,1-2H3. The van der Waals surface area contributed by atoms with Gasteiger partial charge in [-0.25, -0.2) is 4.39 Å². The Morgan fingerprint density at radius 3 is 2.72 bits per heavy atom. The monoisotopic (exact) mass is 249 g/mol. The minimum atomic E-state index is -0.347. The van der Waals surface area contributed by atoms with Crippen molar-refractivity contribution < 1.29 is 9.18 Å². The van der Waals surface area contributed by atoms with E-state index in [0.717, 1.165) is 24.9 Å². The van der Waals surface area contributed by atoms with Gasteiger partial charge in [0.25, 0.3) is 0 Å². The zero-order valence-electron chi connectivity index (χ0n) is 11.0. The van der Waals surface area contributed by atoms with Gasteiger partial charge in [0.15, 0.2) is 6.29 Å².